The van der Waals surface area contributed by atoms with Gasteiger partial charge in [0.15, 0.2) is 39.6 Å². The SMILES string of the molecule is CC(C)(c1ccccc1)c1ccc(OCC(=O)NCCc2nc3ccccc3[nH]2)cc1.O=C(COc1ccc([N+](=O)[O-])cc1)NCCc1nc2ccccc2[nH]1.O=C(COc1cccc(Cl)c1)NCCc1nc2ccccc2[nH]1.O=C(COc1ccccc1)NCCc1nc2ccccc2[nH]1.O=C(COc1ccccc1Br)NCCc1nc2ccccc2[nH]1.O=C(COc1ccccc1Cl)NCCc1nc2ccccc2[nH]1. The largest absolute Gasteiger partial charge is 0.484 e. The van der Waals surface area contributed by atoms with E-state index in [0.29, 0.717) is 122 Å². The first-order valence-electron chi connectivity index (χ1n) is 47.3. The lowest BCUT2D eigenvalue weighted by molar-refractivity contribution is -0.384. The Balaban J connectivity index is 0.000000140. The highest BCUT2D eigenvalue weighted by Gasteiger charge is 2.24. The maximum atomic E-state index is 12.1. The molecular formula is C111H108BrCl2N19O14. The van der Waals surface area contributed by atoms with Gasteiger partial charge in [0.2, 0.25) is 0 Å². The monoisotopic (exact) mass is 2080 g/mol. The minimum Gasteiger partial charge on any atom is -0.484 e. The highest BCUT2D eigenvalue weighted by atomic mass is 79.9. The number of carbonyl (C=O) groups excluding carboxylic acids is 6. The molecule has 0 spiro atoms. The van der Waals surface area contributed by atoms with E-state index in [9.17, 15) is 38.9 Å². The number of carbonyl (C=O) groups is 6. The third-order valence-corrected chi connectivity index (χ3v) is 23.5. The first-order valence-corrected chi connectivity index (χ1v) is 48.8. The molecule has 36 heteroatoms. The number of aromatic amines is 6. The van der Waals surface area contributed by atoms with Crippen molar-refractivity contribution in [3.8, 4) is 34.5 Å². The van der Waals surface area contributed by atoms with E-state index in [1.807, 2.05) is 224 Å². The predicted molar refractivity (Wildman–Crippen MR) is 571 cm³/mol. The van der Waals surface area contributed by atoms with Gasteiger partial charge in [-0.2, -0.15) is 0 Å². The maximum Gasteiger partial charge on any atom is 0.269 e. The van der Waals surface area contributed by atoms with Gasteiger partial charge in [0.1, 0.15) is 69.4 Å². The highest BCUT2D eigenvalue weighted by Crippen LogP contribution is 2.33. The normalized spacial score (nSPS) is 10.8. The summed E-state index contributed by atoms with van der Waals surface area (Å²) in [6.45, 7) is 7.10. The van der Waals surface area contributed by atoms with Crippen molar-refractivity contribution in [1.29, 1.82) is 0 Å². The zero-order chi connectivity index (χ0) is 103. The highest BCUT2D eigenvalue weighted by molar-refractivity contribution is 9.10. The Hall–Kier alpha value is -17.2. The molecule has 752 valence electrons. The van der Waals surface area contributed by atoms with Gasteiger partial charge in [-0.25, -0.2) is 29.9 Å². The van der Waals surface area contributed by atoms with Gasteiger partial charge in [-0.15, -0.1) is 0 Å². The average Bonchev–Trinajstić information content (AvgIpc) is 1.26. The van der Waals surface area contributed by atoms with Crippen LogP contribution in [0, 0.1) is 10.1 Å². The molecule has 6 heterocycles. The number of nitrogens with zero attached hydrogens (tertiary/aromatic N) is 7. The molecule has 0 unspecified atom stereocenters. The molecule has 147 heavy (non-hydrogen) atoms. The van der Waals surface area contributed by atoms with Crippen molar-refractivity contribution in [3.05, 3.63) is 398 Å². The van der Waals surface area contributed by atoms with E-state index in [-0.39, 0.29) is 86.2 Å². The van der Waals surface area contributed by atoms with E-state index in [1.54, 1.807) is 42.5 Å². The summed E-state index contributed by atoms with van der Waals surface area (Å²) in [5.41, 5.74) is 13.9. The Morgan fingerprint density at radius 2 is 0.558 bits per heavy atom. The van der Waals surface area contributed by atoms with Crippen LogP contribution in [0.1, 0.15) is 59.9 Å². The van der Waals surface area contributed by atoms with E-state index in [0.717, 1.165) is 106 Å². The molecule has 12 N–H and O–H groups in total. The number of aromatic nitrogens is 12. The van der Waals surface area contributed by atoms with Crippen molar-refractivity contribution in [3.63, 3.8) is 0 Å². The summed E-state index contributed by atoms with van der Waals surface area (Å²) in [7, 11) is 0. The topological polar surface area (TPSA) is 445 Å². The van der Waals surface area contributed by atoms with Gasteiger partial charge >= 0.3 is 0 Å². The number of benzene rings is 13. The molecule has 0 aliphatic heterocycles. The molecule has 0 saturated heterocycles. The van der Waals surface area contributed by atoms with Crippen molar-refractivity contribution in [2.45, 2.75) is 57.8 Å². The molecule has 33 nitrogen and oxygen atoms in total. The molecular weight excluding hydrogens is 1970 g/mol. The average molecular weight is 2080 g/mol. The molecule has 6 aromatic heterocycles. The lowest BCUT2D eigenvalue weighted by atomic mass is 9.78. The number of rotatable bonds is 39. The number of hydrogen-bond acceptors (Lipinski definition) is 20. The molecule has 0 saturated carbocycles. The van der Waals surface area contributed by atoms with Crippen molar-refractivity contribution < 1.29 is 62.1 Å². The fourth-order valence-electron chi connectivity index (χ4n) is 14.7. The van der Waals surface area contributed by atoms with Gasteiger partial charge in [0, 0.05) is 100 Å². The Labute approximate surface area is 864 Å². The number of nitro benzene ring substituents is 1. The number of nitrogens with one attached hydrogen (secondary N) is 12. The molecule has 0 radical (unpaired) electrons. The quantitative estimate of drug-likeness (QED) is 0.0126. The smallest absolute Gasteiger partial charge is 0.269 e. The van der Waals surface area contributed by atoms with Gasteiger partial charge in [-0.1, -0.05) is 201 Å². The van der Waals surface area contributed by atoms with Crippen LogP contribution in [0.5, 0.6) is 34.5 Å². The summed E-state index contributed by atoms with van der Waals surface area (Å²) >= 11 is 15.2. The summed E-state index contributed by atoms with van der Waals surface area (Å²) in [6.07, 6.45) is 3.80. The van der Waals surface area contributed by atoms with Crippen LogP contribution >= 0.6 is 39.1 Å². The Kier molecular flexibility index (Phi) is 39.4. The van der Waals surface area contributed by atoms with Gasteiger partial charge in [0.25, 0.3) is 41.1 Å². The van der Waals surface area contributed by atoms with Crippen molar-refractivity contribution in [2.75, 3.05) is 78.9 Å². The number of hydrogen-bond donors (Lipinski definition) is 12. The van der Waals surface area contributed by atoms with E-state index < -0.39 is 4.92 Å². The number of ether oxygens (including phenoxy) is 6. The van der Waals surface area contributed by atoms with Gasteiger partial charge in [-0.05, 0) is 179 Å². The number of amides is 6. The minimum atomic E-state index is -0.492. The van der Waals surface area contributed by atoms with Crippen LogP contribution in [0.15, 0.2) is 332 Å². The van der Waals surface area contributed by atoms with E-state index in [1.165, 1.54) is 35.4 Å². The van der Waals surface area contributed by atoms with Crippen LogP contribution in [0.25, 0.3) is 66.2 Å². The molecule has 0 bridgehead atoms. The second-order valence-corrected chi connectivity index (χ2v) is 35.1. The molecule has 19 aromatic rings. The van der Waals surface area contributed by atoms with Crippen molar-refractivity contribution >= 4 is 146 Å². The second-order valence-electron chi connectivity index (χ2n) is 33.4. The number of fused-ring (bicyclic) bond motifs is 6. The van der Waals surface area contributed by atoms with E-state index in [4.69, 9.17) is 51.6 Å². The van der Waals surface area contributed by atoms with Crippen molar-refractivity contribution in [2.24, 2.45) is 0 Å². The Morgan fingerprint density at radius 1 is 0.299 bits per heavy atom. The maximum absolute atomic E-state index is 12.1. The number of para-hydroxylation sites is 15. The van der Waals surface area contributed by atoms with Crippen LogP contribution in [0.3, 0.4) is 0 Å². The minimum absolute atomic E-state index is 0.0112. The number of H-pyrrole nitrogens is 6. The lowest BCUT2D eigenvalue weighted by Crippen LogP contribution is -2.30. The zero-order valence-electron chi connectivity index (χ0n) is 80.4. The van der Waals surface area contributed by atoms with Gasteiger partial charge < -0.3 is 90.2 Å². The Morgan fingerprint density at radius 3 is 0.878 bits per heavy atom. The lowest BCUT2D eigenvalue weighted by Gasteiger charge is -2.26. The molecule has 0 aliphatic rings. The Bertz CT molecular complexity index is 7180. The van der Waals surface area contributed by atoms with Gasteiger partial charge in [0.05, 0.1) is 80.6 Å². The third-order valence-electron chi connectivity index (χ3n) is 22.3. The van der Waals surface area contributed by atoms with Crippen LogP contribution in [0.4, 0.5) is 5.69 Å². The molecule has 0 fully saturated rings. The van der Waals surface area contributed by atoms with Gasteiger partial charge in [-0.3, -0.25) is 38.9 Å². The summed E-state index contributed by atoms with van der Waals surface area (Å²) in [5, 5.41) is 28.5. The number of imidazole rings is 6. The van der Waals surface area contributed by atoms with Crippen LogP contribution in [-0.2, 0) is 72.7 Å². The fraction of sp³-hybridized carbons (Fsp3) is 0.189. The summed E-state index contributed by atoms with van der Waals surface area (Å²) in [4.78, 5) is 127. The second kappa shape index (κ2) is 54.8. The third kappa shape index (κ3) is 34.0. The standard InChI is InChI=1S/C26H27N3O2.C17H16BrN3O2.2C17H16ClN3O2.C17H16N4O4.C17H17N3O2/c1-26(2,19-8-4-3-5-9-19)20-12-14-21(15-13-20)31-18-25(30)27-17-16-24-28-22-10-6-7-11-23(22)29-24;2*18-12-5-1-4-8-15(12)23-11-17(22)19-10-9-16-20-13-6-2-3-7-14(13)21-16;18-12-4-3-5-13(10-12)23-11-17(22)19-9-8-16-20-14-6-1-2-7-15(14)21-16;22-17(11-25-13-7-5-12(6-8-13)21(23)24)18-10-9-16-19-14-3-1-2-4-15(14)20-16;21-17(12-22-13-6-2-1-3-7-13)18-11-10-16-19-14-8-4-5-9-15(14)20-16/h3-15H,16-18H2,1-2H3,(H,27,30)(H,28,29);2*1-8H,9-11H2,(H,19,22)(H,20,21);1-7,10H,8-9,11H2,(H,19,22)(H,20,21);1-8H,9-11H2,(H,18,22)(H,19,20);1-9H,10-12H2,(H,18,21)(H,19,20). The van der Waals surface area contributed by atoms with E-state index in [2.05, 4.69) is 158 Å². The molecule has 6 amide bonds. The molecule has 13 aromatic carbocycles. The fourth-order valence-corrected chi connectivity index (χ4v) is 15.5. The summed E-state index contributed by atoms with van der Waals surface area (Å²) in [6, 6.07) is 102. The zero-order valence-corrected chi connectivity index (χ0v) is 83.5. The molecule has 0 atom stereocenters. The first kappa shape index (κ1) is 106. The number of nitro groups is 1. The first-order chi connectivity index (χ1) is 71.6. The predicted octanol–water partition coefficient (Wildman–Crippen LogP) is 18.1. The van der Waals surface area contributed by atoms with Crippen molar-refractivity contribution in [1.82, 2.24) is 91.7 Å². The van der Waals surface area contributed by atoms with Crippen LogP contribution < -0.4 is 60.3 Å². The number of non-ortho nitro benzene ring substituents is 1. The molecule has 0 aliphatic carbocycles. The summed E-state index contributed by atoms with van der Waals surface area (Å²) < 4.78 is 33.4. The van der Waals surface area contributed by atoms with Crippen LogP contribution in [0.2, 0.25) is 10.0 Å². The summed E-state index contributed by atoms with van der Waals surface area (Å²) in [5.74, 6) is 7.50. The number of halogens is 3. The molecule has 19 rings (SSSR count). The van der Waals surface area contributed by atoms with E-state index >= 15 is 0 Å². The van der Waals surface area contributed by atoms with Crippen LogP contribution in [-0.4, -0.2) is 179 Å².